The molecule has 2 atom stereocenters. The molecule has 1 heterocycles. The van der Waals surface area contributed by atoms with Gasteiger partial charge in [0.2, 0.25) is 5.89 Å². The first kappa shape index (κ1) is 13.8. The summed E-state index contributed by atoms with van der Waals surface area (Å²) in [5.74, 6) is 1.85. The van der Waals surface area contributed by atoms with Gasteiger partial charge in [0.15, 0.2) is 5.82 Å². The molecule has 0 bridgehead atoms. The standard InChI is InChI=1S/C15H18BrN3O/c16-12-6-4-10(5-7-12)8-14-18-15(20-19-14)11-2-1-3-13(17)9-11/h4-7,11,13H,1-3,8-9,17H2. The minimum Gasteiger partial charge on any atom is -0.339 e. The fraction of sp³-hybridized carbons (Fsp3) is 0.467. The first-order chi connectivity index (χ1) is 9.70. The lowest BCUT2D eigenvalue weighted by molar-refractivity contribution is 0.297. The minimum atomic E-state index is 0.274. The smallest absolute Gasteiger partial charge is 0.229 e. The van der Waals surface area contributed by atoms with Gasteiger partial charge < -0.3 is 10.3 Å². The van der Waals surface area contributed by atoms with Crippen molar-refractivity contribution < 1.29 is 4.52 Å². The first-order valence-electron chi connectivity index (χ1n) is 7.03. The average Bonchev–Trinajstić information content (AvgIpc) is 2.90. The Morgan fingerprint density at radius 2 is 2.05 bits per heavy atom. The molecule has 2 N–H and O–H groups in total. The summed E-state index contributed by atoms with van der Waals surface area (Å²) in [6.07, 6.45) is 5.02. The lowest BCUT2D eigenvalue weighted by Gasteiger charge is -2.23. The number of aromatic nitrogens is 2. The van der Waals surface area contributed by atoms with Crippen LogP contribution >= 0.6 is 15.9 Å². The fourth-order valence-corrected chi connectivity index (χ4v) is 3.01. The molecule has 1 aliphatic carbocycles. The predicted octanol–water partition coefficient (Wildman–Crippen LogP) is 3.41. The molecule has 0 amide bonds. The molecule has 0 radical (unpaired) electrons. The third-order valence-corrected chi connectivity index (χ3v) is 4.35. The summed E-state index contributed by atoms with van der Waals surface area (Å²) in [5, 5.41) is 4.10. The van der Waals surface area contributed by atoms with Crippen molar-refractivity contribution >= 4 is 15.9 Å². The lowest BCUT2D eigenvalue weighted by Crippen LogP contribution is -2.26. The van der Waals surface area contributed by atoms with E-state index >= 15 is 0 Å². The van der Waals surface area contributed by atoms with Crippen LogP contribution in [0.15, 0.2) is 33.3 Å². The van der Waals surface area contributed by atoms with Crippen molar-refractivity contribution in [1.82, 2.24) is 10.1 Å². The topological polar surface area (TPSA) is 64.9 Å². The van der Waals surface area contributed by atoms with E-state index in [-0.39, 0.29) is 6.04 Å². The number of nitrogens with two attached hydrogens (primary N) is 1. The molecule has 2 aromatic rings. The van der Waals surface area contributed by atoms with Gasteiger partial charge >= 0.3 is 0 Å². The third-order valence-electron chi connectivity index (χ3n) is 3.82. The maximum Gasteiger partial charge on any atom is 0.229 e. The molecule has 3 rings (SSSR count). The highest BCUT2D eigenvalue weighted by atomic mass is 79.9. The van der Waals surface area contributed by atoms with Gasteiger partial charge in [0.25, 0.3) is 0 Å². The molecule has 106 valence electrons. The summed E-state index contributed by atoms with van der Waals surface area (Å²) in [5.41, 5.74) is 7.19. The highest BCUT2D eigenvalue weighted by Crippen LogP contribution is 2.31. The average molecular weight is 336 g/mol. The van der Waals surface area contributed by atoms with Crippen LogP contribution in [0.5, 0.6) is 0 Å². The number of hydrogen-bond acceptors (Lipinski definition) is 4. The van der Waals surface area contributed by atoms with E-state index in [1.54, 1.807) is 0 Å². The van der Waals surface area contributed by atoms with Crippen LogP contribution in [0.2, 0.25) is 0 Å². The van der Waals surface area contributed by atoms with E-state index in [2.05, 4.69) is 38.2 Å². The molecule has 1 saturated carbocycles. The third kappa shape index (κ3) is 3.27. The summed E-state index contributed by atoms with van der Waals surface area (Å²) in [7, 11) is 0. The molecule has 1 aliphatic rings. The zero-order valence-electron chi connectivity index (χ0n) is 11.3. The molecule has 0 saturated heterocycles. The Morgan fingerprint density at radius 3 is 2.80 bits per heavy atom. The van der Waals surface area contributed by atoms with E-state index in [1.165, 1.54) is 5.56 Å². The Balaban J connectivity index is 1.68. The van der Waals surface area contributed by atoms with Gasteiger partial charge in [-0.3, -0.25) is 0 Å². The molecule has 1 aromatic heterocycles. The van der Waals surface area contributed by atoms with Gasteiger partial charge in [-0.15, -0.1) is 0 Å². The molecule has 2 unspecified atom stereocenters. The van der Waals surface area contributed by atoms with Gasteiger partial charge in [0, 0.05) is 22.9 Å². The Kier molecular flexibility index (Phi) is 4.17. The normalized spacial score (nSPS) is 22.9. The van der Waals surface area contributed by atoms with Crippen molar-refractivity contribution in [2.45, 2.75) is 44.1 Å². The number of rotatable bonds is 3. The second-order valence-corrected chi connectivity index (χ2v) is 6.39. The van der Waals surface area contributed by atoms with E-state index in [0.717, 1.165) is 41.9 Å². The van der Waals surface area contributed by atoms with Crippen molar-refractivity contribution in [3.05, 3.63) is 46.0 Å². The summed E-state index contributed by atoms with van der Waals surface area (Å²) < 4.78 is 6.50. The van der Waals surface area contributed by atoms with Crippen molar-refractivity contribution in [1.29, 1.82) is 0 Å². The van der Waals surface area contributed by atoms with Crippen molar-refractivity contribution in [3.63, 3.8) is 0 Å². The molecule has 1 aromatic carbocycles. The molecule has 1 fully saturated rings. The number of halogens is 1. The minimum absolute atomic E-state index is 0.274. The number of hydrogen-bond donors (Lipinski definition) is 1. The second kappa shape index (κ2) is 6.06. The maximum absolute atomic E-state index is 6.01. The highest BCUT2D eigenvalue weighted by molar-refractivity contribution is 9.10. The van der Waals surface area contributed by atoms with E-state index in [4.69, 9.17) is 10.3 Å². The van der Waals surface area contributed by atoms with Gasteiger partial charge in [-0.1, -0.05) is 39.6 Å². The number of nitrogens with zero attached hydrogens (tertiary/aromatic N) is 2. The van der Waals surface area contributed by atoms with E-state index in [0.29, 0.717) is 12.3 Å². The fourth-order valence-electron chi connectivity index (χ4n) is 2.74. The van der Waals surface area contributed by atoms with Crippen LogP contribution in [0.3, 0.4) is 0 Å². The van der Waals surface area contributed by atoms with Crippen LogP contribution in [0.1, 0.15) is 48.9 Å². The van der Waals surface area contributed by atoms with E-state index in [9.17, 15) is 0 Å². The van der Waals surface area contributed by atoms with Gasteiger partial charge in [-0.05, 0) is 37.0 Å². The molecule has 0 spiro atoms. The predicted molar refractivity (Wildman–Crippen MR) is 80.4 cm³/mol. The van der Waals surface area contributed by atoms with E-state index in [1.807, 2.05) is 12.1 Å². The Bertz CT molecular complexity index is 567. The molecule has 0 aliphatic heterocycles. The van der Waals surface area contributed by atoms with Crippen LogP contribution in [-0.4, -0.2) is 16.2 Å². The Labute approximate surface area is 126 Å². The van der Waals surface area contributed by atoms with Gasteiger partial charge in [0.05, 0.1) is 0 Å². The van der Waals surface area contributed by atoms with Gasteiger partial charge in [-0.25, -0.2) is 0 Å². The summed E-state index contributed by atoms with van der Waals surface area (Å²) in [6.45, 7) is 0. The Hall–Kier alpha value is -1.20. The van der Waals surface area contributed by atoms with Crippen LogP contribution < -0.4 is 5.73 Å². The highest BCUT2D eigenvalue weighted by Gasteiger charge is 2.25. The SMILES string of the molecule is NC1CCCC(c2nc(Cc3ccc(Br)cc3)no2)C1. The maximum atomic E-state index is 6.01. The summed E-state index contributed by atoms with van der Waals surface area (Å²) in [4.78, 5) is 4.54. The van der Waals surface area contributed by atoms with Crippen LogP contribution in [0.25, 0.3) is 0 Å². The molecule has 5 heteroatoms. The Morgan fingerprint density at radius 1 is 1.25 bits per heavy atom. The molecule has 20 heavy (non-hydrogen) atoms. The second-order valence-electron chi connectivity index (χ2n) is 5.48. The zero-order chi connectivity index (χ0) is 13.9. The summed E-state index contributed by atoms with van der Waals surface area (Å²) >= 11 is 3.43. The number of benzene rings is 1. The lowest BCUT2D eigenvalue weighted by atomic mass is 9.86. The quantitative estimate of drug-likeness (QED) is 0.933. The van der Waals surface area contributed by atoms with E-state index < -0.39 is 0 Å². The molecular formula is C15H18BrN3O. The molecular weight excluding hydrogens is 318 g/mol. The van der Waals surface area contributed by atoms with Crippen molar-refractivity contribution in [2.24, 2.45) is 5.73 Å². The monoisotopic (exact) mass is 335 g/mol. The largest absolute Gasteiger partial charge is 0.339 e. The van der Waals surface area contributed by atoms with Gasteiger partial charge in [-0.2, -0.15) is 4.98 Å². The van der Waals surface area contributed by atoms with Gasteiger partial charge in [0.1, 0.15) is 0 Å². The van der Waals surface area contributed by atoms with Crippen LogP contribution in [0, 0.1) is 0 Å². The summed E-state index contributed by atoms with van der Waals surface area (Å²) in [6, 6.07) is 8.45. The first-order valence-corrected chi connectivity index (χ1v) is 7.82. The van der Waals surface area contributed by atoms with Crippen LogP contribution in [-0.2, 0) is 6.42 Å². The molecule has 4 nitrogen and oxygen atoms in total. The van der Waals surface area contributed by atoms with Crippen molar-refractivity contribution in [2.75, 3.05) is 0 Å². The van der Waals surface area contributed by atoms with Crippen molar-refractivity contribution in [3.8, 4) is 0 Å². The van der Waals surface area contributed by atoms with Crippen LogP contribution in [0.4, 0.5) is 0 Å². The zero-order valence-corrected chi connectivity index (χ0v) is 12.8.